The van der Waals surface area contributed by atoms with E-state index in [2.05, 4.69) is 0 Å². The van der Waals surface area contributed by atoms with Gasteiger partial charge in [-0.1, -0.05) is 30.3 Å². The maximum absolute atomic E-state index is 10.1. The van der Waals surface area contributed by atoms with E-state index in [1.54, 1.807) is 17.4 Å². The number of hydrogen-bond acceptors (Lipinski definition) is 3. The lowest BCUT2D eigenvalue weighted by Crippen LogP contribution is -2.11. The normalized spacial score (nSPS) is 12.7. The zero-order valence-electron chi connectivity index (χ0n) is 9.71. The summed E-state index contributed by atoms with van der Waals surface area (Å²) in [6, 6.07) is 13.3. The Kier molecular flexibility index (Phi) is 2.78. The van der Waals surface area contributed by atoms with Gasteiger partial charge in [-0.2, -0.15) is 11.3 Å². The van der Waals surface area contributed by atoms with Gasteiger partial charge in [0.1, 0.15) is 5.75 Å². The molecule has 0 aliphatic heterocycles. The van der Waals surface area contributed by atoms with Crippen LogP contribution in [0.3, 0.4) is 0 Å². The molecule has 0 bridgehead atoms. The summed E-state index contributed by atoms with van der Waals surface area (Å²) in [6.07, 6.45) is 0. The molecule has 0 aliphatic carbocycles. The van der Waals surface area contributed by atoms with Crippen molar-refractivity contribution in [2.75, 3.05) is 0 Å². The molecule has 3 N–H and O–H groups in total. The van der Waals surface area contributed by atoms with Crippen molar-refractivity contribution in [3.05, 3.63) is 64.4 Å². The van der Waals surface area contributed by atoms with Crippen molar-refractivity contribution >= 4 is 22.1 Å². The number of benzene rings is 2. The summed E-state index contributed by atoms with van der Waals surface area (Å²) in [7, 11) is 0. The zero-order valence-corrected chi connectivity index (χ0v) is 10.5. The first-order chi connectivity index (χ1) is 8.77. The Labute approximate surface area is 109 Å². The van der Waals surface area contributed by atoms with Crippen LogP contribution in [0.4, 0.5) is 0 Å². The van der Waals surface area contributed by atoms with Crippen LogP contribution >= 0.6 is 11.3 Å². The van der Waals surface area contributed by atoms with Gasteiger partial charge in [0, 0.05) is 5.56 Å². The van der Waals surface area contributed by atoms with Crippen LogP contribution in [-0.2, 0) is 0 Å². The molecule has 0 fully saturated rings. The van der Waals surface area contributed by atoms with E-state index in [1.807, 2.05) is 47.2 Å². The third-order valence-electron chi connectivity index (χ3n) is 3.16. The molecule has 18 heavy (non-hydrogen) atoms. The number of rotatable bonds is 2. The van der Waals surface area contributed by atoms with E-state index in [1.165, 1.54) is 0 Å². The number of aromatic hydroxyl groups is 1. The second-order valence-corrected chi connectivity index (χ2v) is 5.03. The Morgan fingerprint density at radius 2 is 1.89 bits per heavy atom. The molecule has 2 nitrogen and oxygen atoms in total. The lowest BCUT2D eigenvalue weighted by molar-refractivity contribution is 0.467. The van der Waals surface area contributed by atoms with Crippen LogP contribution in [0, 0.1) is 0 Å². The molecule has 2 aromatic carbocycles. The molecule has 1 atom stereocenters. The van der Waals surface area contributed by atoms with Crippen molar-refractivity contribution in [3.8, 4) is 5.75 Å². The molecule has 0 aliphatic rings. The third kappa shape index (κ3) is 1.78. The highest BCUT2D eigenvalue weighted by Gasteiger charge is 2.16. The van der Waals surface area contributed by atoms with E-state index in [4.69, 9.17) is 5.73 Å². The van der Waals surface area contributed by atoms with E-state index in [0.717, 1.165) is 21.9 Å². The molecule has 3 aromatic rings. The smallest absolute Gasteiger partial charge is 0.121 e. The number of hydrogen-bond donors (Lipinski definition) is 2. The highest BCUT2D eigenvalue weighted by Crippen LogP contribution is 2.34. The van der Waals surface area contributed by atoms with Crippen molar-refractivity contribution < 1.29 is 5.11 Å². The van der Waals surface area contributed by atoms with Gasteiger partial charge in [-0.25, -0.2) is 0 Å². The molecular formula is C15H13NOS. The predicted octanol–water partition coefficient (Wildman–Crippen LogP) is 3.66. The van der Waals surface area contributed by atoms with E-state index in [0.29, 0.717) is 0 Å². The summed E-state index contributed by atoms with van der Waals surface area (Å²) >= 11 is 1.61. The monoisotopic (exact) mass is 255 g/mol. The van der Waals surface area contributed by atoms with E-state index >= 15 is 0 Å². The van der Waals surface area contributed by atoms with Crippen LogP contribution in [0.25, 0.3) is 10.8 Å². The van der Waals surface area contributed by atoms with Gasteiger partial charge >= 0.3 is 0 Å². The molecule has 3 rings (SSSR count). The van der Waals surface area contributed by atoms with Gasteiger partial charge in [-0.15, -0.1) is 0 Å². The second kappa shape index (κ2) is 4.44. The van der Waals surface area contributed by atoms with Crippen molar-refractivity contribution in [1.82, 2.24) is 0 Å². The average molecular weight is 255 g/mol. The van der Waals surface area contributed by atoms with Gasteiger partial charge in [-0.05, 0) is 39.2 Å². The standard InChI is InChI=1S/C15H13NOS/c16-15(11-7-8-18-9-11)14-12-4-2-1-3-10(12)5-6-13(14)17/h1-9,15,17H,16H2/t15-/m0/s1. The minimum absolute atomic E-state index is 0.257. The van der Waals surface area contributed by atoms with Gasteiger partial charge < -0.3 is 10.8 Å². The molecule has 0 spiro atoms. The van der Waals surface area contributed by atoms with Crippen LogP contribution < -0.4 is 5.73 Å². The van der Waals surface area contributed by atoms with E-state index in [-0.39, 0.29) is 11.8 Å². The quantitative estimate of drug-likeness (QED) is 0.734. The summed E-state index contributed by atoms with van der Waals surface area (Å²) in [5.74, 6) is 0.257. The summed E-state index contributed by atoms with van der Waals surface area (Å²) in [5.41, 5.74) is 8.11. The van der Waals surface area contributed by atoms with Crippen LogP contribution in [-0.4, -0.2) is 5.11 Å². The topological polar surface area (TPSA) is 46.2 Å². The molecule has 0 radical (unpaired) electrons. The first-order valence-corrected chi connectivity index (χ1v) is 6.70. The third-order valence-corrected chi connectivity index (χ3v) is 3.86. The Morgan fingerprint density at radius 1 is 1.06 bits per heavy atom. The molecule has 0 amide bonds. The second-order valence-electron chi connectivity index (χ2n) is 4.25. The van der Waals surface area contributed by atoms with Gasteiger partial charge in [0.25, 0.3) is 0 Å². The molecule has 1 heterocycles. The fourth-order valence-electron chi connectivity index (χ4n) is 2.23. The molecule has 3 heteroatoms. The largest absolute Gasteiger partial charge is 0.508 e. The Morgan fingerprint density at radius 3 is 2.67 bits per heavy atom. The zero-order chi connectivity index (χ0) is 12.5. The van der Waals surface area contributed by atoms with Gasteiger partial charge in [0.15, 0.2) is 0 Å². The first kappa shape index (κ1) is 11.3. The molecule has 0 unspecified atom stereocenters. The number of thiophene rings is 1. The highest BCUT2D eigenvalue weighted by atomic mass is 32.1. The molecule has 1 aromatic heterocycles. The van der Waals surface area contributed by atoms with Crippen molar-refractivity contribution in [3.63, 3.8) is 0 Å². The number of fused-ring (bicyclic) bond motifs is 1. The molecule has 90 valence electrons. The van der Waals surface area contributed by atoms with Gasteiger partial charge in [0.05, 0.1) is 6.04 Å². The minimum Gasteiger partial charge on any atom is -0.508 e. The lowest BCUT2D eigenvalue weighted by Gasteiger charge is -2.15. The van der Waals surface area contributed by atoms with Crippen LogP contribution in [0.2, 0.25) is 0 Å². The SMILES string of the molecule is N[C@@H](c1ccsc1)c1c(O)ccc2ccccc12. The van der Waals surface area contributed by atoms with Crippen LogP contribution in [0.15, 0.2) is 53.2 Å². The predicted molar refractivity (Wildman–Crippen MR) is 76.0 cm³/mol. The Hall–Kier alpha value is -1.84. The summed E-state index contributed by atoms with van der Waals surface area (Å²) in [6.45, 7) is 0. The fourth-order valence-corrected chi connectivity index (χ4v) is 2.93. The molecule has 0 saturated carbocycles. The number of phenolic OH excluding ortho intramolecular Hbond substituents is 1. The molecule has 0 saturated heterocycles. The minimum atomic E-state index is -0.289. The van der Waals surface area contributed by atoms with Crippen molar-refractivity contribution in [2.24, 2.45) is 5.73 Å². The van der Waals surface area contributed by atoms with Gasteiger partial charge in [-0.3, -0.25) is 0 Å². The summed E-state index contributed by atoms with van der Waals surface area (Å²) in [5, 5.41) is 16.2. The highest BCUT2D eigenvalue weighted by molar-refractivity contribution is 7.08. The molecular weight excluding hydrogens is 242 g/mol. The first-order valence-electron chi connectivity index (χ1n) is 5.75. The number of phenols is 1. The van der Waals surface area contributed by atoms with E-state index in [9.17, 15) is 5.11 Å². The van der Waals surface area contributed by atoms with Crippen LogP contribution in [0.5, 0.6) is 5.75 Å². The van der Waals surface area contributed by atoms with Crippen LogP contribution in [0.1, 0.15) is 17.2 Å². The Bertz CT molecular complexity index is 676. The summed E-state index contributed by atoms with van der Waals surface area (Å²) < 4.78 is 0. The van der Waals surface area contributed by atoms with E-state index < -0.39 is 0 Å². The Balaban J connectivity index is 2.24. The maximum atomic E-state index is 10.1. The summed E-state index contributed by atoms with van der Waals surface area (Å²) in [4.78, 5) is 0. The van der Waals surface area contributed by atoms with Crippen molar-refractivity contribution in [2.45, 2.75) is 6.04 Å². The fraction of sp³-hybridized carbons (Fsp3) is 0.0667. The maximum Gasteiger partial charge on any atom is 0.121 e. The lowest BCUT2D eigenvalue weighted by atomic mass is 9.95. The van der Waals surface area contributed by atoms with Gasteiger partial charge in [0.2, 0.25) is 0 Å². The average Bonchev–Trinajstić information content (AvgIpc) is 2.92. The number of nitrogens with two attached hydrogens (primary N) is 1. The van der Waals surface area contributed by atoms with Crippen molar-refractivity contribution in [1.29, 1.82) is 0 Å².